The second-order valence-electron chi connectivity index (χ2n) is 4.93. The number of nitrogen functional groups attached to an aromatic ring is 1. The maximum atomic E-state index is 12.2. The molecule has 2 rings (SSSR count). The number of thiazole rings is 1. The van der Waals surface area contributed by atoms with Crippen molar-refractivity contribution in [3.63, 3.8) is 0 Å². The smallest absolute Gasteiger partial charge is 0.265 e. The van der Waals surface area contributed by atoms with Crippen LogP contribution in [0.25, 0.3) is 0 Å². The van der Waals surface area contributed by atoms with E-state index in [1.165, 1.54) is 11.3 Å². The molecule has 0 spiro atoms. The zero-order valence-electron chi connectivity index (χ0n) is 12.1. The lowest BCUT2D eigenvalue weighted by Gasteiger charge is -2.26. The standard InChI is InChI=1S/C13H23N5OS/c1-3-9(4-2)16-12(19)10-11(14)17-13(20-10)18-7-5-15-6-8-18/h9,15H,3-8,14H2,1-2H3,(H,16,19). The third-order valence-electron chi connectivity index (χ3n) is 3.56. The van der Waals surface area contributed by atoms with E-state index in [1.54, 1.807) is 0 Å². The van der Waals surface area contributed by atoms with Crippen LogP contribution in [0.5, 0.6) is 0 Å². The molecule has 112 valence electrons. The van der Waals surface area contributed by atoms with Crippen molar-refractivity contribution >= 4 is 28.2 Å². The zero-order chi connectivity index (χ0) is 14.5. The van der Waals surface area contributed by atoms with Gasteiger partial charge < -0.3 is 21.3 Å². The summed E-state index contributed by atoms with van der Waals surface area (Å²) in [5, 5.41) is 7.15. The van der Waals surface area contributed by atoms with E-state index in [0.29, 0.717) is 10.7 Å². The van der Waals surface area contributed by atoms with Gasteiger partial charge in [-0.2, -0.15) is 0 Å². The molecular weight excluding hydrogens is 274 g/mol. The molecule has 0 bridgehead atoms. The van der Waals surface area contributed by atoms with Gasteiger partial charge in [0.2, 0.25) is 0 Å². The summed E-state index contributed by atoms with van der Waals surface area (Å²) in [7, 11) is 0. The fraction of sp³-hybridized carbons (Fsp3) is 0.692. The lowest BCUT2D eigenvalue weighted by Crippen LogP contribution is -2.43. The number of aromatic nitrogens is 1. The summed E-state index contributed by atoms with van der Waals surface area (Å²) in [5.41, 5.74) is 5.90. The molecule has 2 heterocycles. The van der Waals surface area contributed by atoms with Crippen molar-refractivity contribution in [2.24, 2.45) is 0 Å². The number of anilines is 2. The molecule has 0 saturated carbocycles. The Morgan fingerprint density at radius 3 is 2.70 bits per heavy atom. The van der Waals surface area contributed by atoms with Crippen LogP contribution in [0.3, 0.4) is 0 Å². The first kappa shape index (κ1) is 15.1. The molecule has 1 aliphatic heterocycles. The van der Waals surface area contributed by atoms with Gasteiger partial charge in [-0.3, -0.25) is 4.79 Å². The SMILES string of the molecule is CCC(CC)NC(=O)c1sc(N2CCNCC2)nc1N. The van der Waals surface area contributed by atoms with Crippen LogP contribution in [-0.2, 0) is 0 Å². The first-order chi connectivity index (χ1) is 9.65. The van der Waals surface area contributed by atoms with Crippen molar-refractivity contribution in [1.82, 2.24) is 15.6 Å². The van der Waals surface area contributed by atoms with E-state index in [-0.39, 0.29) is 11.9 Å². The second-order valence-corrected chi connectivity index (χ2v) is 5.91. The Kier molecular flexibility index (Phi) is 5.19. The van der Waals surface area contributed by atoms with Crippen molar-refractivity contribution in [3.05, 3.63) is 4.88 Å². The molecule has 1 amide bonds. The van der Waals surface area contributed by atoms with Crippen LogP contribution in [0.1, 0.15) is 36.4 Å². The predicted octanol–water partition coefficient (Wildman–Crippen LogP) is 1.05. The van der Waals surface area contributed by atoms with Crippen LogP contribution < -0.4 is 21.3 Å². The third-order valence-corrected chi connectivity index (χ3v) is 4.69. The molecule has 0 aromatic carbocycles. The third kappa shape index (κ3) is 3.40. The van der Waals surface area contributed by atoms with E-state index in [0.717, 1.165) is 44.2 Å². The molecular formula is C13H23N5OS. The number of hydrogen-bond donors (Lipinski definition) is 3. The molecule has 7 heteroatoms. The molecule has 0 radical (unpaired) electrons. The number of carbonyl (C=O) groups is 1. The van der Waals surface area contributed by atoms with Crippen LogP contribution in [0.15, 0.2) is 0 Å². The van der Waals surface area contributed by atoms with Gasteiger partial charge in [0, 0.05) is 32.2 Å². The van der Waals surface area contributed by atoms with Gasteiger partial charge in [-0.15, -0.1) is 0 Å². The van der Waals surface area contributed by atoms with Crippen LogP contribution in [-0.4, -0.2) is 43.1 Å². The minimum Gasteiger partial charge on any atom is -0.382 e. The van der Waals surface area contributed by atoms with Crippen LogP contribution in [0.4, 0.5) is 10.9 Å². The van der Waals surface area contributed by atoms with Gasteiger partial charge in [-0.1, -0.05) is 25.2 Å². The van der Waals surface area contributed by atoms with E-state index in [2.05, 4.69) is 34.4 Å². The summed E-state index contributed by atoms with van der Waals surface area (Å²) in [6, 6.07) is 0.201. The second kappa shape index (κ2) is 6.90. The van der Waals surface area contributed by atoms with E-state index in [4.69, 9.17) is 5.73 Å². The molecule has 1 aliphatic rings. The molecule has 0 atom stereocenters. The summed E-state index contributed by atoms with van der Waals surface area (Å²) in [4.78, 5) is 19.3. The average Bonchev–Trinajstić information content (AvgIpc) is 2.87. The van der Waals surface area contributed by atoms with E-state index < -0.39 is 0 Å². The molecule has 4 N–H and O–H groups in total. The van der Waals surface area contributed by atoms with Gasteiger partial charge in [-0.05, 0) is 12.8 Å². The number of nitrogens with two attached hydrogens (primary N) is 1. The predicted molar refractivity (Wildman–Crippen MR) is 83.4 cm³/mol. The Hall–Kier alpha value is -1.34. The lowest BCUT2D eigenvalue weighted by molar-refractivity contribution is 0.0939. The lowest BCUT2D eigenvalue weighted by atomic mass is 10.2. The number of piperazine rings is 1. The topological polar surface area (TPSA) is 83.3 Å². The van der Waals surface area contributed by atoms with Crippen molar-refractivity contribution in [2.75, 3.05) is 36.8 Å². The number of amides is 1. The number of nitrogens with one attached hydrogen (secondary N) is 2. The van der Waals surface area contributed by atoms with Gasteiger partial charge in [0.25, 0.3) is 5.91 Å². The fourth-order valence-corrected chi connectivity index (χ4v) is 3.16. The molecule has 1 aromatic rings. The molecule has 1 saturated heterocycles. The van der Waals surface area contributed by atoms with Crippen LogP contribution in [0, 0.1) is 0 Å². The molecule has 0 unspecified atom stereocenters. The van der Waals surface area contributed by atoms with Gasteiger partial charge in [-0.25, -0.2) is 4.98 Å². The molecule has 1 fully saturated rings. The monoisotopic (exact) mass is 297 g/mol. The molecule has 6 nitrogen and oxygen atoms in total. The van der Waals surface area contributed by atoms with E-state index >= 15 is 0 Å². The molecule has 0 aliphatic carbocycles. The van der Waals surface area contributed by atoms with Gasteiger partial charge >= 0.3 is 0 Å². The highest BCUT2D eigenvalue weighted by Crippen LogP contribution is 2.28. The summed E-state index contributed by atoms with van der Waals surface area (Å²) >= 11 is 1.39. The highest BCUT2D eigenvalue weighted by Gasteiger charge is 2.21. The number of rotatable bonds is 5. The maximum Gasteiger partial charge on any atom is 0.265 e. The number of nitrogens with zero attached hydrogens (tertiary/aromatic N) is 2. The van der Waals surface area contributed by atoms with Gasteiger partial charge in [0.1, 0.15) is 10.7 Å². The molecule has 20 heavy (non-hydrogen) atoms. The van der Waals surface area contributed by atoms with Gasteiger partial charge in [0.05, 0.1) is 0 Å². The first-order valence-corrected chi connectivity index (χ1v) is 8.00. The molecule has 1 aromatic heterocycles. The highest BCUT2D eigenvalue weighted by atomic mass is 32.1. The van der Waals surface area contributed by atoms with Gasteiger partial charge in [0.15, 0.2) is 5.13 Å². The summed E-state index contributed by atoms with van der Waals surface area (Å²) in [5.74, 6) is 0.238. The van der Waals surface area contributed by atoms with Crippen LogP contribution >= 0.6 is 11.3 Å². The summed E-state index contributed by atoms with van der Waals surface area (Å²) in [6.07, 6.45) is 1.84. The van der Waals surface area contributed by atoms with Crippen molar-refractivity contribution < 1.29 is 4.79 Å². The van der Waals surface area contributed by atoms with E-state index in [9.17, 15) is 4.79 Å². The van der Waals surface area contributed by atoms with Crippen LogP contribution in [0.2, 0.25) is 0 Å². The number of carbonyl (C=O) groups excluding carboxylic acids is 1. The first-order valence-electron chi connectivity index (χ1n) is 7.18. The quantitative estimate of drug-likeness (QED) is 0.757. The van der Waals surface area contributed by atoms with Crippen molar-refractivity contribution in [3.8, 4) is 0 Å². The fourth-order valence-electron chi connectivity index (χ4n) is 2.22. The normalized spacial score (nSPS) is 15.7. The Morgan fingerprint density at radius 2 is 2.10 bits per heavy atom. The average molecular weight is 297 g/mol. The minimum absolute atomic E-state index is 0.102. The number of hydrogen-bond acceptors (Lipinski definition) is 6. The van der Waals surface area contributed by atoms with Crippen molar-refractivity contribution in [1.29, 1.82) is 0 Å². The Morgan fingerprint density at radius 1 is 1.45 bits per heavy atom. The Bertz CT molecular complexity index is 452. The van der Waals surface area contributed by atoms with Crippen molar-refractivity contribution in [2.45, 2.75) is 32.7 Å². The summed E-state index contributed by atoms with van der Waals surface area (Å²) in [6.45, 7) is 7.82. The largest absolute Gasteiger partial charge is 0.382 e. The minimum atomic E-state index is -0.102. The Balaban J connectivity index is 2.08. The highest BCUT2D eigenvalue weighted by molar-refractivity contribution is 7.18. The maximum absolute atomic E-state index is 12.2. The summed E-state index contributed by atoms with van der Waals surface area (Å²) < 4.78 is 0. The Labute approximate surface area is 123 Å². The van der Waals surface area contributed by atoms with E-state index in [1.807, 2.05) is 0 Å². The zero-order valence-corrected chi connectivity index (χ0v) is 12.9.